The molecule has 26 rings (SSSR count). The van der Waals surface area contributed by atoms with Crippen molar-refractivity contribution in [3.63, 3.8) is 0 Å². The number of benzene rings is 17. The lowest BCUT2D eigenvalue weighted by atomic mass is 9.79. The van der Waals surface area contributed by atoms with E-state index in [-0.39, 0.29) is 16.2 Å². The predicted molar refractivity (Wildman–Crippen MR) is 589 cm³/mol. The number of fused-ring (bicyclic) bond motifs is 13. The summed E-state index contributed by atoms with van der Waals surface area (Å²) in [6.45, 7) is 14.1. The van der Waals surface area contributed by atoms with E-state index in [9.17, 15) is 0 Å². The lowest BCUT2D eigenvalue weighted by Gasteiger charge is -2.23. The van der Waals surface area contributed by atoms with E-state index in [0.29, 0.717) is 17.5 Å². The van der Waals surface area contributed by atoms with Crippen LogP contribution in [0.1, 0.15) is 74.9 Å². The van der Waals surface area contributed by atoms with Crippen LogP contribution in [0.25, 0.3) is 223 Å². The summed E-state index contributed by atoms with van der Waals surface area (Å²) in [5.74, 6) is 2.12. The number of aromatic nitrogens is 9. The molecule has 0 atom stereocenters. The molecule has 17 aromatic carbocycles. The molecule has 6 heterocycles. The molecule has 9 heteroatoms. The molecule has 9 nitrogen and oxygen atoms in total. The minimum Gasteiger partial charge on any atom is -0.264 e. The second-order valence-corrected chi connectivity index (χ2v) is 38.8. The van der Waals surface area contributed by atoms with E-state index in [4.69, 9.17) is 29.9 Å². The Bertz CT molecular complexity index is 8790. The van der Waals surface area contributed by atoms with Crippen LogP contribution in [0.2, 0.25) is 0 Å². The first-order valence-corrected chi connectivity index (χ1v) is 48.9. The molecule has 6 aromatic heterocycles. The molecule has 0 spiro atoms. The zero-order chi connectivity index (χ0) is 96.3. The molecule has 143 heavy (non-hydrogen) atoms. The number of hydrogen-bond acceptors (Lipinski definition) is 9. The normalized spacial score (nSPS) is 12.9. The topological polar surface area (TPSA) is 116 Å². The molecule has 0 saturated heterocycles. The highest BCUT2D eigenvalue weighted by atomic mass is 14.9. The molecule has 3 aliphatic rings. The van der Waals surface area contributed by atoms with Crippen molar-refractivity contribution >= 4 is 21.5 Å². The Hall–Kier alpha value is -18.1. The van der Waals surface area contributed by atoms with E-state index in [2.05, 4.69) is 427 Å². The molecule has 0 amide bonds. The average molecular weight is 1830 g/mol. The Labute approximate surface area is 833 Å². The fourth-order valence-electron chi connectivity index (χ4n) is 21.4. The summed E-state index contributed by atoms with van der Waals surface area (Å²) in [6, 6.07) is 157. The van der Waals surface area contributed by atoms with Gasteiger partial charge >= 0.3 is 0 Å². The van der Waals surface area contributed by atoms with Gasteiger partial charge in [-0.25, -0.2) is 29.9 Å². The van der Waals surface area contributed by atoms with Crippen molar-refractivity contribution < 1.29 is 0 Å². The average Bonchev–Trinajstić information content (AvgIpc) is 1.58. The van der Waals surface area contributed by atoms with Crippen molar-refractivity contribution in [2.75, 3.05) is 0 Å². The summed E-state index contributed by atoms with van der Waals surface area (Å²) in [7, 11) is 0. The minimum absolute atomic E-state index is 0.00626. The summed E-state index contributed by atoms with van der Waals surface area (Å²) in [5.41, 5.74) is 44.5. The van der Waals surface area contributed by atoms with Crippen molar-refractivity contribution in [2.45, 2.75) is 57.8 Å². The van der Waals surface area contributed by atoms with Gasteiger partial charge in [-0.2, -0.15) is 0 Å². The van der Waals surface area contributed by atoms with Gasteiger partial charge in [0.05, 0.1) is 34.2 Å². The molecule has 0 bridgehead atoms. The van der Waals surface area contributed by atoms with Gasteiger partial charge in [0, 0.05) is 103 Å². The van der Waals surface area contributed by atoms with Crippen molar-refractivity contribution in [2.24, 2.45) is 0 Å². The Morgan fingerprint density at radius 2 is 0.462 bits per heavy atom. The molecule has 23 aromatic rings. The number of pyridine rings is 3. The van der Waals surface area contributed by atoms with Crippen molar-refractivity contribution in [3.8, 4) is 202 Å². The Morgan fingerprint density at radius 3 is 0.909 bits per heavy atom. The first-order chi connectivity index (χ1) is 70.1. The molecule has 0 saturated carbocycles. The van der Waals surface area contributed by atoms with E-state index in [1.54, 1.807) is 18.6 Å². The van der Waals surface area contributed by atoms with Crippen LogP contribution in [-0.2, 0) is 16.2 Å². The van der Waals surface area contributed by atoms with Crippen LogP contribution < -0.4 is 0 Å². The largest absolute Gasteiger partial charge is 0.264 e. The first-order valence-electron chi connectivity index (χ1n) is 48.9. The maximum atomic E-state index is 5.12. The second kappa shape index (κ2) is 36.7. The van der Waals surface area contributed by atoms with Crippen LogP contribution in [0.15, 0.2) is 480 Å². The lowest BCUT2D eigenvalue weighted by molar-refractivity contribution is 0.660. The van der Waals surface area contributed by atoms with Gasteiger partial charge in [-0.3, -0.25) is 15.0 Å². The van der Waals surface area contributed by atoms with Gasteiger partial charge in [-0.1, -0.05) is 412 Å². The van der Waals surface area contributed by atoms with E-state index in [0.717, 1.165) is 118 Å². The summed E-state index contributed by atoms with van der Waals surface area (Å²) in [6.07, 6.45) is 11.1. The SMILES string of the molecule is CC1(C)c2cc(-c3cccc(-c4cc(-c5ccc(-c6cccnc6)cc5)nc(-c5ccccc5)n4)c3)ccc2-c2c1ccc1ccccc21.CC1(C)c2cc(-c3cccc(-c4cc(-c5ccc(-c6cccnc6)cc5)nc(-c5ccccc5)n4)c3)ccc2-c2ccc3ccccc3c21.CC1(C)c2ccccc2-c2cc(-c3cccc(-c4cc(-c5ccc(-c6cccnc6)cc5)nc(-c5ccccc5)n4)c3)ccc21. The van der Waals surface area contributed by atoms with Crippen LogP contribution >= 0.6 is 0 Å². The van der Waals surface area contributed by atoms with E-state index in [1.165, 1.54) is 122 Å². The zero-order valence-corrected chi connectivity index (χ0v) is 80.1. The summed E-state index contributed by atoms with van der Waals surface area (Å²) < 4.78 is 0. The van der Waals surface area contributed by atoms with Gasteiger partial charge in [0.1, 0.15) is 0 Å². The Balaban J connectivity index is 0.000000116. The quantitative estimate of drug-likeness (QED) is 0.0989. The Kier molecular flexibility index (Phi) is 22.5. The third-order valence-corrected chi connectivity index (χ3v) is 29.0. The highest BCUT2D eigenvalue weighted by Gasteiger charge is 2.40. The van der Waals surface area contributed by atoms with Crippen molar-refractivity contribution in [1.29, 1.82) is 0 Å². The summed E-state index contributed by atoms with van der Waals surface area (Å²) in [4.78, 5) is 43.3. The number of nitrogens with zero attached hydrogens (tertiary/aromatic N) is 9. The molecule has 3 aliphatic carbocycles. The maximum absolute atomic E-state index is 5.12. The first kappa shape index (κ1) is 87.7. The van der Waals surface area contributed by atoms with E-state index >= 15 is 0 Å². The van der Waals surface area contributed by atoms with Gasteiger partial charge in [0.2, 0.25) is 0 Å². The second-order valence-electron chi connectivity index (χ2n) is 38.8. The van der Waals surface area contributed by atoms with Crippen molar-refractivity contribution in [1.82, 2.24) is 44.9 Å². The predicted octanol–water partition coefficient (Wildman–Crippen LogP) is 33.8. The van der Waals surface area contributed by atoms with Gasteiger partial charge in [-0.05, 0) is 228 Å². The summed E-state index contributed by atoms with van der Waals surface area (Å²) in [5, 5.41) is 5.23. The molecule has 678 valence electrons. The smallest absolute Gasteiger partial charge is 0.160 e. The molecule has 0 unspecified atom stereocenters. The highest BCUT2D eigenvalue weighted by molar-refractivity contribution is 6.04. The van der Waals surface area contributed by atoms with Gasteiger partial charge in [0.15, 0.2) is 17.5 Å². The van der Waals surface area contributed by atoms with Gasteiger partial charge < -0.3 is 0 Å². The van der Waals surface area contributed by atoms with Crippen LogP contribution in [0.4, 0.5) is 0 Å². The summed E-state index contributed by atoms with van der Waals surface area (Å²) >= 11 is 0. The number of hydrogen-bond donors (Lipinski definition) is 0. The molecular weight excluding hydrogens is 1740 g/mol. The monoisotopic (exact) mass is 1830 g/mol. The van der Waals surface area contributed by atoms with Crippen LogP contribution in [0, 0.1) is 0 Å². The Morgan fingerprint density at radius 1 is 0.161 bits per heavy atom. The number of rotatable bonds is 15. The van der Waals surface area contributed by atoms with Gasteiger partial charge in [0.25, 0.3) is 0 Å². The van der Waals surface area contributed by atoms with Crippen LogP contribution in [0.5, 0.6) is 0 Å². The lowest BCUT2D eigenvalue weighted by Crippen LogP contribution is -2.15. The molecule has 0 aliphatic heterocycles. The zero-order valence-electron chi connectivity index (χ0n) is 80.1. The third-order valence-electron chi connectivity index (χ3n) is 29.0. The minimum atomic E-state index is -0.113. The fourth-order valence-corrected chi connectivity index (χ4v) is 21.4. The van der Waals surface area contributed by atoms with Gasteiger partial charge in [-0.15, -0.1) is 0 Å². The van der Waals surface area contributed by atoms with Crippen LogP contribution in [-0.4, -0.2) is 44.9 Å². The van der Waals surface area contributed by atoms with Crippen molar-refractivity contribution in [3.05, 3.63) is 513 Å². The van der Waals surface area contributed by atoms with Crippen LogP contribution in [0.3, 0.4) is 0 Å². The molecular formula is C134H97N9. The molecule has 0 fully saturated rings. The molecule has 0 radical (unpaired) electrons. The molecule has 0 N–H and O–H groups in total. The van der Waals surface area contributed by atoms with E-state index in [1.807, 2.05) is 91.4 Å². The highest BCUT2D eigenvalue weighted by Crippen LogP contribution is 2.56. The fraction of sp³-hybridized carbons (Fsp3) is 0.0672. The third kappa shape index (κ3) is 16.7. The van der Waals surface area contributed by atoms with E-state index < -0.39 is 0 Å². The maximum Gasteiger partial charge on any atom is 0.160 e. The standard InChI is InChI=1S/2C46H33N3.C42H31N3/c1-46(2)41-27-35(22-23-39(41)40-24-21-31-10-6-7-16-38(31)44(40)46)34-13-8-14-36(26-34)43-28-42(48-45(49-43)33-11-4-3-5-12-33)32-19-17-30(18-20-32)37-15-9-25-47-29-37;1-46(2)40-24-22-31-10-6-7-16-38(31)44(40)39-23-21-35(27-41(39)46)34-13-8-14-36(26-34)43-28-42(48-45(49-43)33-11-4-3-5-12-33)32-19-17-30(18-20-32)37-15-9-25-47-29-37;1-42(2)37-16-7-6-15-35(37)36-25-32(21-22-38(36)42)31-12-8-13-33(24-31)40-26-39(44-41(45-40)30-10-4-3-5-11-30)29-19-17-28(18-20-29)34-14-9-23-43-27-34/h2*3-29H,1-2H3;3-27H,1-2H3.